The van der Waals surface area contributed by atoms with Crippen molar-refractivity contribution in [2.45, 2.75) is 18.6 Å². The fourth-order valence-electron chi connectivity index (χ4n) is 1.27. The molecule has 14 heavy (non-hydrogen) atoms. The molecule has 3 nitrogen and oxygen atoms in total. The molecule has 1 N–H and O–H groups in total. The zero-order valence-electron chi connectivity index (χ0n) is 7.97. The lowest BCUT2D eigenvalue weighted by molar-refractivity contribution is -0.140. The fourth-order valence-corrected chi connectivity index (χ4v) is 1.27. The Labute approximate surface area is 79.9 Å². The second-order valence-corrected chi connectivity index (χ2v) is 3.06. The molecule has 6 heteroatoms. The number of hydrogen-bond acceptors (Lipinski definition) is 2. The first kappa shape index (κ1) is 11.0. The first-order valence-corrected chi connectivity index (χ1v) is 4.15. The van der Waals surface area contributed by atoms with Crippen LogP contribution in [0.4, 0.5) is 13.2 Å². The minimum atomic E-state index is -4.18. The van der Waals surface area contributed by atoms with Gasteiger partial charge in [0.05, 0.1) is 12.5 Å². The van der Waals surface area contributed by atoms with Gasteiger partial charge in [-0.1, -0.05) is 0 Å². The summed E-state index contributed by atoms with van der Waals surface area (Å²) in [5.41, 5.74) is 0. The van der Waals surface area contributed by atoms with Crippen LogP contribution < -0.4 is 5.32 Å². The van der Waals surface area contributed by atoms with E-state index in [-0.39, 0.29) is 0 Å². The molecule has 0 saturated heterocycles. The molecule has 80 valence electrons. The maximum absolute atomic E-state index is 12.1. The molecule has 0 aliphatic rings. The van der Waals surface area contributed by atoms with Crippen LogP contribution >= 0.6 is 0 Å². The van der Waals surface area contributed by atoms with Crippen molar-refractivity contribution in [3.8, 4) is 0 Å². The van der Waals surface area contributed by atoms with E-state index in [0.717, 1.165) is 0 Å². The number of halogens is 3. The SMILES string of the molecule is CNC(CC(F)(F)F)c1nccn1C. The van der Waals surface area contributed by atoms with E-state index < -0.39 is 18.6 Å². The number of hydrogen-bond donors (Lipinski definition) is 1. The normalized spacial score (nSPS) is 14.4. The number of rotatable bonds is 3. The van der Waals surface area contributed by atoms with E-state index in [1.807, 2.05) is 0 Å². The standard InChI is InChI=1S/C8H12F3N3/c1-12-6(5-8(9,10)11)7-13-3-4-14(7)2/h3-4,6,12H,5H2,1-2H3. The molecule has 0 aromatic carbocycles. The van der Waals surface area contributed by atoms with Gasteiger partial charge in [-0.05, 0) is 7.05 Å². The molecular formula is C8H12F3N3. The van der Waals surface area contributed by atoms with Gasteiger partial charge < -0.3 is 9.88 Å². The van der Waals surface area contributed by atoms with Gasteiger partial charge in [-0.3, -0.25) is 0 Å². The highest BCUT2D eigenvalue weighted by atomic mass is 19.4. The van der Waals surface area contributed by atoms with Crippen LogP contribution in [0.1, 0.15) is 18.3 Å². The van der Waals surface area contributed by atoms with E-state index in [4.69, 9.17) is 0 Å². The largest absolute Gasteiger partial charge is 0.391 e. The van der Waals surface area contributed by atoms with Crippen molar-refractivity contribution >= 4 is 0 Å². The van der Waals surface area contributed by atoms with Crippen LogP contribution in [0.5, 0.6) is 0 Å². The Balaban J connectivity index is 2.78. The number of imidazole rings is 1. The summed E-state index contributed by atoms with van der Waals surface area (Å²) in [5.74, 6) is 0.393. The third kappa shape index (κ3) is 2.73. The van der Waals surface area contributed by atoms with Crippen LogP contribution in [0.25, 0.3) is 0 Å². The number of aryl methyl sites for hydroxylation is 1. The summed E-state index contributed by atoms with van der Waals surface area (Å²) in [4.78, 5) is 3.87. The Bertz CT molecular complexity index is 292. The average Bonchev–Trinajstić information content (AvgIpc) is 2.45. The Morgan fingerprint density at radius 1 is 1.57 bits per heavy atom. The van der Waals surface area contributed by atoms with Gasteiger partial charge in [0.15, 0.2) is 0 Å². The molecule has 0 aliphatic carbocycles. The molecular weight excluding hydrogens is 195 g/mol. The molecule has 0 saturated carbocycles. The third-order valence-electron chi connectivity index (χ3n) is 1.95. The molecule has 0 amide bonds. The lowest BCUT2D eigenvalue weighted by Crippen LogP contribution is -2.26. The molecule has 1 heterocycles. The summed E-state index contributed by atoms with van der Waals surface area (Å²) < 4.78 is 38.0. The summed E-state index contributed by atoms with van der Waals surface area (Å²) >= 11 is 0. The van der Waals surface area contributed by atoms with Crippen LogP contribution in [-0.2, 0) is 7.05 Å². The van der Waals surface area contributed by atoms with Gasteiger partial charge in [0.1, 0.15) is 5.82 Å². The molecule has 1 unspecified atom stereocenters. The van der Waals surface area contributed by atoms with Crippen molar-refractivity contribution in [2.24, 2.45) is 7.05 Å². The van der Waals surface area contributed by atoms with Crippen molar-refractivity contribution in [3.05, 3.63) is 18.2 Å². The van der Waals surface area contributed by atoms with Crippen LogP contribution in [0, 0.1) is 0 Å². The summed E-state index contributed by atoms with van der Waals surface area (Å²) in [6.07, 6.45) is -1.99. The molecule has 0 aliphatic heterocycles. The summed E-state index contributed by atoms with van der Waals surface area (Å²) in [5, 5.41) is 2.60. The molecule has 0 bridgehead atoms. The summed E-state index contributed by atoms with van der Waals surface area (Å²) in [6.45, 7) is 0. The zero-order chi connectivity index (χ0) is 10.8. The fraction of sp³-hybridized carbons (Fsp3) is 0.625. The summed E-state index contributed by atoms with van der Waals surface area (Å²) in [7, 11) is 3.16. The molecule has 1 rings (SSSR count). The van der Waals surface area contributed by atoms with Gasteiger partial charge in [0, 0.05) is 19.4 Å². The maximum Gasteiger partial charge on any atom is 0.391 e. The molecule has 0 spiro atoms. The average molecular weight is 207 g/mol. The number of aromatic nitrogens is 2. The summed E-state index contributed by atoms with van der Waals surface area (Å²) in [6, 6.07) is -0.782. The first-order chi connectivity index (χ1) is 6.44. The van der Waals surface area contributed by atoms with Crippen molar-refractivity contribution in [2.75, 3.05) is 7.05 Å². The minimum absolute atomic E-state index is 0.393. The Morgan fingerprint density at radius 3 is 2.57 bits per heavy atom. The van der Waals surface area contributed by atoms with Crippen LogP contribution in [0.2, 0.25) is 0 Å². The Morgan fingerprint density at radius 2 is 2.21 bits per heavy atom. The van der Waals surface area contributed by atoms with E-state index >= 15 is 0 Å². The lowest BCUT2D eigenvalue weighted by Gasteiger charge is -2.17. The predicted octanol–water partition coefficient (Wildman–Crippen LogP) is 1.63. The molecule has 0 radical (unpaired) electrons. The molecule has 1 aromatic heterocycles. The van der Waals surface area contributed by atoms with Crippen molar-refractivity contribution < 1.29 is 13.2 Å². The van der Waals surface area contributed by atoms with Gasteiger partial charge in [-0.2, -0.15) is 13.2 Å². The highest BCUT2D eigenvalue weighted by Crippen LogP contribution is 2.28. The van der Waals surface area contributed by atoms with E-state index in [2.05, 4.69) is 10.3 Å². The van der Waals surface area contributed by atoms with Crippen molar-refractivity contribution in [3.63, 3.8) is 0 Å². The van der Waals surface area contributed by atoms with Crippen LogP contribution in [0.15, 0.2) is 12.4 Å². The topological polar surface area (TPSA) is 29.9 Å². The molecule has 1 aromatic rings. The number of alkyl halides is 3. The van der Waals surface area contributed by atoms with Gasteiger partial charge >= 0.3 is 6.18 Å². The van der Waals surface area contributed by atoms with Gasteiger partial charge in [-0.15, -0.1) is 0 Å². The quantitative estimate of drug-likeness (QED) is 0.816. The Kier molecular flexibility index (Phi) is 3.15. The molecule has 0 fully saturated rings. The second-order valence-electron chi connectivity index (χ2n) is 3.06. The highest BCUT2D eigenvalue weighted by molar-refractivity contribution is 4.99. The zero-order valence-corrected chi connectivity index (χ0v) is 7.97. The molecule has 1 atom stereocenters. The van der Waals surface area contributed by atoms with E-state index in [1.54, 1.807) is 17.8 Å². The van der Waals surface area contributed by atoms with E-state index in [9.17, 15) is 13.2 Å². The monoisotopic (exact) mass is 207 g/mol. The number of nitrogens with one attached hydrogen (secondary N) is 1. The first-order valence-electron chi connectivity index (χ1n) is 4.15. The number of nitrogens with zero attached hydrogens (tertiary/aromatic N) is 2. The maximum atomic E-state index is 12.1. The van der Waals surface area contributed by atoms with E-state index in [0.29, 0.717) is 5.82 Å². The van der Waals surface area contributed by atoms with Crippen LogP contribution in [0.3, 0.4) is 0 Å². The lowest BCUT2D eigenvalue weighted by atomic mass is 10.2. The van der Waals surface area contributed by atoms with Crippen molar-refractivity contribution in [1.29, 1.82) is 0 Å². The Hall–Kier alpha value is -1.04. The highest BCUT2D eigenvalue weighted by Gasteiger charge is 2.33. The van der Waals surface area contributed by atoms with Crippen LogP contribution in [-0.4, -0.2) is 22.8 Å². The van der Waals surface area contributed by atoms with Crippen molar-refractivity contribution in [1.82, 2.24) is 14.9 Å². The third-order valence-corrected chi connectivity index (χ3v) is 1.95. The second kappa shape index (κ2) is 4.00. The van der Waals surface area contributed by atoms with Gasteiger partial charge in [0.25, 0.3) is 0 Å². The predicted molar refractivity (Wildman–Crippen MR) is 45.7 cm³/mol. The smallest absolute Gasteiger partial charge is 0.337 e. The minimum Gasteiger partial charge on any atom is -0.337 e. The van der Waals surface area contributed by atoms with E-state index in [1.165, 1.54) is 13.2 Å². The van der Waals surface area contributed by atoms with Gasteiger partial charge in [-0.25, -0.2) is 4.98 Å². The van der Waals surface area contributed by atoms with Gasteiger partial charge in [0.2, 0.25) is 0 Å².